The second-order valence-corrected chi connectivity index (χ2v) is 8.39. The number of fused-ring (bicyclic) bond motifs is 1. The van der Waals surface area contributed by atoms with Crippen LogP contribution in [0.2, 0.25) is 0 Å². The Morgan fingerprint density at radius 3 is 2.66 bits per heavy atom. The van der Waals surface area contributed by atoms with E-state index in [1.54, 1.807) is 31.5 Å². The Hall–Kier alpha value is -4.38. The number of ether oxygens (including phenoxy) is 1. The fourth-order valence-corrected chi connectivity index (χ4v) is 3.76. The maximum absolute atomic E-state index is 11.1. The van der Waals surface area contributed by atoms with Crippen molar-refractivity contribution in [1.29, 1.82) is 0 Å². The van der Waals surface area contributed by atoms with Crippen LogP contribution >= 0.6 is 0 Å². The van der Waals surface area contributed by atoms with Crippen molar-refractivity contribution in [2.45, 2.75) is 0 Å². The van der Waals surface area contributed by atoms with E-state index in [4.69, 9.17) is 10.5 Å². The summed E-state index contributed by atoms with van der Waals surface area (Å²) >= 11 is 0. The maximum atomic E-state index is 11.1. The lowest BCUT2D eigenvalue weighted by atomic mass is 10.2. The number of nitro groups is 1. The molecule has 35 heavy (non-hydrogen) atoms. The summed E-state index contributed by atoms with van der Waals surface area (Å²) < 4.78 is 7.46. The number of hydrogen-bond acceptors (Lipinski definition) is 9. The van der Waals surface area contributed by atoms with Crippen molar-refractivity contribution >= 4 is 39.6 Å². The zero-order valence-electron chi connectivity index (χ0n) is 20.1. The van der Waals surface area contributed by atoms with Crippen molar-refractivity contribution < 1.29 is 9.66 Å². The molecule has 0 bridgehead atoms. The Kier molecular flexibility index (Phi) is 6.69. The first-order chi connectivity index (χ1) is 16.8. The Morgan fingerprint density at radius 2 is 1.94 bits per heavy atom. The van der Waals surface area contributed by atoms with E-state index < -0.39 is 4.92 Å². The molecule has 11 heteroatoms. The van der Waals surface area contributed by atoms with Gasteiger partial charge in [-0.1, -0.05) is 0 Å². The van der Waals surface area contributed by atoms with Gasteiger partial charge in [-0.25, -0.2) is 4.98 Å². The van der Waals surface area contributed by atoms with E-state index in [0.29, 0.717) is 28.9 Å². The maximum Gasteiger partial charge on any atom is 0.270 e. The van der Waals surface area contributed by atoms with E-state index in [9.17, 15) is 10.1 Å². The summed E-state index contributed by atoms with van der Waals surface area (Å²) in [5.74, 6) is 1.58. The number of non-ortho nitro benzene ring substituents is 1. The summed E-state index contributed by atoms with van der Waals surface area (Å²) in [5.41, 5.74) is 9.32. The van der Waals surface area contributed by atoms with E-state index in [1.165, 1.54) is 12.1 Å². The van der Waals surface area contributed by atoms with E-state index in [1.807, 2.05) is 44.0 Å². The molecule has 0 amide bonds. The van der Waals surface area contributed by atoms with E-state index in [-0.39, 0.29) is 5.69 Å². The molecule has 4 rings (SSSR count). The van der Waals surface area contributed by atoms with Crippen LogP contribution in [0.25, 0.3) is 16.7 Å². The van der Waals surface area contributed by atoms with Crippen molar-refractivity contribution in [3.63, 3.8) is 0 Å². The number of likely N-dealkylation sites (N-methyl/N-ethyl adjacent to an activating group) is 2. The second kappa shape index (κ2) is 9.85. The Labute approximate surface area is 202 Å². The van der Waals surface area contributed by atoms with Crippen LogP contribution in [0, 0.1) is 10.1 Å². The molecule has 0 aliphatic rings. The van der Waals surface area contributed by atoms with Gasteiger partial charge >= 0.3 is 0 Å². The smallest absolute Gasteiger partial charge is 0.270 e. The molecule has 4 aromatic rings. The van der Waals surface area contributed by atoms with Gasteiger partial charge in [0.1, 0.15) is 11.6 Å². The molecule has 2 aromatic heterocycles. The molecule has 11 nitrogen and oxygen atoms in total. The van der Waals surface area contributed by atoms with Crippen LogP contribution in [0.3, 0.4) is 0 Å². The van der Waals surface area contributed by atoms with Crippen LogP contribution in [0.1, 0.15) is 0 Å². The normalized spacial score (nSPS) is 11.1. The number of nitrogens with one attached hydrogen (secondary N) is 1. The van der Waals surface area contributed by atoms with E-state index in [2.05, 4.69) is 25.1 Å². The molecule has 0 aliphatic carbocycles. The van der Waals surface area contributed by atoms with Gasteiger partial charge < -0.3 is 30.2 Å². The van der Waals surface area contributed by atoms with Crippen LogP contribution in [0.5, 0.6) is 5.75 Å². The molecule has 0 saturated carbocycles. The van der Waals surface area contributed by atoms with Crippen LogP contribution in [0.4, 0.5) is 28.7 Å². The topological polar surface area (TPSA) is 128 Å². The molecule has 2 heterocycles. The third-order valence-electron chi connectivity index (χ3n) is 5.66. The monoisotopic (exact) mass is 476 g/mol. The second-order valence-electron chi connectivity index (χ2n) is 8.39. The zero-order valence-corrected chi connectivity index (χ0v) is 20.1. The highest BCUT2D eigenvalue weighted by atomic mass is 16.6. The molecule has 3 N–H and O–H groups in total. The summed E-state index contributed by atoms with van der Waals surface area (Å²) in [7, 11) is 7.64. The van der Waals surface area contributed by atoms with Gasteiger partial charge in [0.2, 0.25) is 5.95 Å². The predicted octanol–water partition coefficient (Wildman–Crippen LogP) is 3.66. The molecule has 0 radical (unpaired) electrons. The predicted molar refractivity (Wildman–Crippen MR) is 138 cm³/mol. The molecule has 0 saturated heterocycles. The quantitative estimate of drug-likeness (QED) is 0.211. The third kappa shape index (κ3) is 5.09. The molecular formula is C24H28N8O3. The first kappa shape index (κ1) is 23.8. The lowest BCUT2D eigenvalue weighted by Gasteiger charge is -2.24. The van der Waals surface area contributed by atoms with Gasteiger partial charge in [0.25, 0.3) is 5.69 Å². The number of nitro benzene ring substituents is 1. The van der Waals surface area contributed by atoms with Crippen molar-refractivity contribution in [2.75, 3.05) is 57.3 Å². The van der Waals surface area contributed by atoms with Crippen molar-refractivity contribution in [2.24, 2.45) is 0 Å². The molecule has 2 aromatic carbocycles. The Bertz CT molecular complexity index is 1370. The number of nitrogen functional groups attached to an aromatic ring is 1. The molecule has 0 aliphatic heterocycles. The molecule has 0 atom stereocenters. The molecule has 0 fully saturated rings. The third-order valence-corrected chi connectivity index (χ3v) is 5.66. The van der Waals surface area contributed by atoms with Gasteiger partial charge in [-0.05, 0) is 38.4 Å². The summed E-state index contributed by atoms with van der Waals surface area (Å²) in [4.78, 5) is 23.8. The SMILES string of the molecule is COc1cc(N(C)CCN(C)C)c(N)cc1Nc1nccc(-n2ccc3cc([N+](=O)[O-])ccc32)n1. The van der Waals surface area contributed by atoms with Crippen LogP contribution in [0.15, 0.2) is 54.9 Å². The van der Waals surface area contributed by atoms with E-state index >= 15 is 0 Å². The number of hydrogen-bond donors (Lipinski definition) is 2. The summed E-state index contributed by atoms with van der Waals surface area (Å²) in [5, 5.41) is 15.0. The molecular weight excluding hydrogens is 448 g/mol. The lowest BCUT2D eigenvalue weighted by molar-refractivity contribution is -0.384. The Morgan fingerprint density at radius 1 is 1.14 bits per heavy atom. The van der Waals surface area contributed by atoms with E-state index in [0.717, 1.165) is 29.7 Å². The summed E-state index contributed by atoms with van der Waals surface area (Å²) in [6, 6.07) is 12.0. The minimum absolute atomic E-state index is 0.0424. The van der Waals surface area contributed by atoms with Crippen LogP contribution < -0.4 is 20.7 Å². The Balaban J connectivity index is 1.62. The largest absolute Gasteiger partial charge is 0.494 e. The fraction of sp³-hybridized carbons (Fsp3) is 0.250. The molecule has 0 spiro atoms. The average Bonchev–Trinajstić information content (AvgIpc) is 3.26. The van der Waals surface area contributed by atoms with Gasteiger partial charge in [0.05, 0.1) is 34.6 Å². The number of anilines is 4. The minimum atomic E-state index is -0.409. The highest BCUT2D eigenvalue weighted by molar-refractivity contribution is 5.84. The standard InChI is InChI=1S/C24H28N8O3/c1-29(2)11-12-30(3)21-15-22(35-4)19(14-18(21)25)27-24-26-9-7-23(28-24)31-10-8-16-13-17(32(33)34)5-6-20(16)31/h5-10,13-15H,11-12,25H2,1-4H3,(H,26,27,28). The van der Waals surface area contributed by atoms with Gasteiger partial charge in [0, 0.05) is 56.1 Å². The highest BCUT2D eigenvalue weighted by Gasteiger charge is 2.15. The lowest BCUT2D eigenvalue weighted by Crippen LogP contribution is -2.29. The van der Waals surface area contributed by atoms with Crippen molar-refractivity contribution in [3.8, 4) is 11.6 Å². The van der Waals surface area contributed by atoms with Crippen LogP contribution in [-0.2, 0) is 0 Å². The number of rotatable bonds is 9. The number of benzene rings is 2. The number of nitrogens with zero attached hydrogens (tertiary/aromatic N) is 6. The average molecular weight is 477 g/mol. The fourth-order valence-electron chi connectivity index (χ4n) is 3.76. The number of aromatic nitrogens is 3. The van der Waals surface area contributed by atoms with Gasteiger partial charge in [0.15, 0.2) is 0 Å². The van der Waals surface area contributed by atoms with Crippen molar-refractivity contribution in [3.05, 3.63) is 65.0 Å². The van der Waals surface area contributed by atoms with Gasteiger partial charge in [-0.15, -0.1) is 0 Å². The molecule has 182 valence electrons. The zero-order chi connectivity index (χ0) is 25.1. The van der Waals surface area contributed by atoms with Gasteiger partial charge in [-0.3, -0.25) is 10.1 Å². The molecule has 0 unspecified atom stereocenters. The van der Waals surface area contributed by atoms with Crippen molar-refractivity contribution in [1.82, 2.24) is 19.4 Å². The van der Waals surface area contributed by atoms with Crippen LogP contribution in [-0.4, -0.2) is 65.7 Å². The van der Waals surface area contributed by atoms with Gasteiger partial charge in [-0.2, -0.15) is 4.98 Å². The minimum Gasteiger partial charge on any atom is -0.494 e. The first-order valence-electron chi connectivity index (χ1n) is 11.0. The summed E-state index contributed by atoms with van der Waals surface area (Å²) in [6.07, 6.45) is 3.46. The summed E-state index contributed by atoms with van der Waals surface area (Å²) in [6.45, 7) is 1.70. The highest BCUT2D eigenvalue weighted by Crippen LogP contribution is 2.36. The number of methoxy groups -OCH3 is 1. The first-order valence-corrected chi connectivity index (χ1v) is 11.0. The number of nitrogens with two attached hydrogens (primary N) is 1.